The molecule has 0 saturated carbocycles. The van der Waals surface area contributed by atoms with Crippen LogP contribution in [0, 0.1) is 10.1 Å². The normalized spacial score (nSPS) is 11.9. The quantitative estimate of drug-likeness (QED) is 0.450. The van der Waals surface area contributed by atoms with Crippen molar-refractivity contribution in [2.75, 3.05) is 13.1 Å². The van der Waals surface area contributed by atoms with E-state index in [0.717, 1.165) is 0 Å². The molecule has 3 N–H and O–H groups in total. The van der Waals surface area contributed by atoms with Gasteiger partial charge in [0.2, 0.25) is 5.91 Å². The monoisotopic (exact) mass is 251 g/mol. The summed E-state index contributed by atoms with van der Waals surface area (Å²) >= 11 is 0. The molecule has 0 bridgehead atoms. The number of nitrogens with two attached hydrogens (primary N) is 1. The zero-order chi connectivity index (χ0) is 13.5. The van der Waals surface area contributed by atoms with Crippen LogP contribution in [0.1, 0.15) is 24.8 Å². The topological polar surface area (TPSA) is 98.3 Å². The minimum Gasteiger partial charge on any atom is -0.356 e. The Balaban J connectivity index is 2.71. The zero-order valence-electron chi connectivity index (χ0n) is 10.3. The molecule has 0 saturated heterocycles. The molecule has 1 aromatic rings. The van der Waals surface area contributed by atoms with Crippen molar-refractivity contribution in [3.63, 3.8) is 0 Å². The summed E-state index contributed by atoms with van der Waals surface area (Å²) in [5.41, 5.74) is 5.96. The van der Waals surface area contributed by atoms with E-state index in [2.05, 4.69) is 5.32 Å². The van der Waals surface area contributed by atoms with Gasteiger partial charge in [-0.2, -0.15) is 0 Å². The van der Waals surface area contributed by atoms with Crippen molar-refractivity contribution in [2.45, 2.75) is 19.3 Å². The average Bonchev–Trinajstić information content (AvgIpc) is 2.38. The van der Waals surface area contributed by atoms with E-state index in [1.54, 1.807) is 19.1 Å². The van der Waals surface area contributed by atoms with E-state index in [0.29, 0.717) is 25.1 Å². The second-order valence-electron chi connectivity index (χ2n) is 4.01. The number of nitro groups is 1. The summed E-state index contributed by atoms with van der Waals surface area (Å²) in [7, 11) is 0. The molecule has 0 spiro atoms. The van der Waals surface area contributed by atoms with Gasteiger partial charge >= 0.3 is 0 Å². The Bertz CT molecular complexity index is 434. The van der Waals surface area contributed by atoms with Gasteiger partial charge in [0.25, 0.3) is 5.69 Å². The molecule has 1 unspecified atom stereocenters. The molecule has 1 aromatic carbocycles. The number of carbonyl (C=O) groups excluding carboxylic acids is 1. The third-order valence-electron chi connectivity index (χ3n) is 2.65. The highest BCUT2D eigenvalue weighted by atomic mass is 16.6. The Labute approximate surface area is 105 Å². The molecule has 0 aliphatic heterocycles. The first-order valence-electron chi connectivity index (χ1n) is 5.78. The van der Waals surface area contributed by atoms with E-state index in [1.807, 2.05) is 0 Å². The van der Waals surface area contributed by atoms with Crippen LogP contribution < -0.4 is 11.1 Å². The number of nitrogens with one attached hydrogen (secondary N) is 1. The maximum atomic E-state index is 11.8. The molecule has 98 valence electrons. The van der Waals surface area contributed by atoms with Crippen LogP contribution in [-0.4, -0.2) is 23.9 Å². The molecule has 1 rings (SSSR count). The van der Waals surface area contributed by atoms with E-state index >= 15 is 0 Å². The van der Waals surface area contributed by atoms with Crippen LogP contribution in [0.5, 0.6) is 0 Å². The van der Waals surface area contributed by atoms with Gasteiger partial charge in [-0.3, -0.25) is 14.9 Å². The Kier molecular flexibility index (Phi) is 5.26. The maximum Gasteiger partial charge on any atom is 0.269 e. The van der Waals surface area contributed by atoms with Crippen LogP contribution in [-0.2, 0) is 4.79 Å². The SMILES string of the molecule is CC(C(=O)NCCCN)c1cccc([N+](=O)[O-])c1. The van der Waals surface area contributed by atoms with Gasteiger partial charge in [0.1, 0.15) is 0 Å². The van der Waals surface area contributed by atoms with Crippen molar-refractivity contribution in [3.8, 4) is 0 Å². The lowest BCUT2D eigenvalue weighted by molar-refractivity contribution is -0.384. The Hall–Kier alpha value is -1.95. The second-order valence-corrected chi connectivity index (χ2v) is 4.01. The van der Waals surface area contributed by atoms with Crippen molar-refractivity contribution in [1.82, 2.24) is 5.32 Å². The van der Waals surface area contributed by atoms with Gasteiger partial charge in [0.05, 0.1) is 10.8 Å². The summed E-state index contributed by atoms with van der Waals surface area (Å²) < 4.78 is 0. The van der Waals surface area contributed by atoms with Gasteiger partial charge in [-0.1, -0.05) is 12.1 Å². The lowest BCUT2D eigenvalue weighted by Crippen LogP contribution is -2.29. The number of hydrogen-bond acceptors (Lipinski definition) is 4. The average molecular weight is 251 g/mol. The molecule has 0 aliphatic rings. The molecule has 0 aromatic heterocycles. The summed E-state index contributed by atoms with van der Waals surface area (Å²) in [5, 5.41) is 13.4. The van der Waals surface area contributed by atoms with E-state index in [-0.39, 0.29) is 11.6 Å². The molecule has 18 heavy (non-hydrogen) atoms. The molecular weight excluding hydrogens is 234 g/mol. The van der Waals surface area contributed by atoms with E-state index in [9.17, 15) is 14.9 Å². The van der Waals surface area contributed by atoms with Crippen LogP contribution in [0.25, 0.3) is 0 Å². The van der Waals surface area contributed by atoms with Crippen LogP contribution in [0.4, 0.5) is 5.69 Å². The zero-order valence-corrected chi connectivity index (χ0v) is 10.3. The van der Waals surface area contributed by atoms with Gasteiger partial charge in [0.15, 0.2) is 0 Å². The van der Waals surface area contributed by atoms with Crippen LogP contribution in [0.15, 0.2) is 24.3 Å². The fourth-order valence-electron chi connectivity index (χ4n) is 1.53. The van der Waals surface area contributed by atoms with Crippen molar-refractivity contribution in [1.29, 1.82) is 0 Å². The fourth-order valence-corrected chi connectivity index (χ4v) is 1.53. The highest BCUT2D eigenvalue weighted by molar-refractivity contribution is 5.83. The van der Waals surface area contributed by atoms with Gasteiger partial charge < -0.3 is 11.1 Å². The minimum absolute atomic E-state index is 0.00546. The van der Waals surface area contributed by atoms with E-state index < -0.39 is 10.8 Å². The van der Waals surface area contributed by atoms with E-state index in [4.69, 9.17) is 5.73 Å². The highest BCUT2D eigenvalue weighted by Crippen LogP contribution is 2.20. The second kappa shape index (κ2) is 6.70. The summed E-state index contributed by atoms with van der Waals surface area (Å²) in [6.07, 6.45) is 0.716. The summed E-state index contributed by atoms with van der Waals surface area (Å²) in [4.78, 5) is 22.0. The first-order chi connectivity index (χ1) is 8.56. The van der Waals surface area contributed by atoms with Gasteiger partial charge in [-0.15, -0.1) is 0 Å². The molecule has 0 heterocycles. The number of rotatable bonds is 6. The smallest absolute Gasteiger partial charge is 0.269 e. The predicted octanol–water partition coefficient (Wildman–Crippen LogP) is 1.16. The molecule has 1 amide bonds. The third kappa shape index (κ3) is 3.81. The summed E-state index contributed by atoms with van der Waals surface area (Å²) in [6, 6.07) is 6.12. The lowest BCUT2D eigenvalue weighted by atomic mass is 10.00. The molecule has 1 atom stereocenters. The number of carbonyl (C=O) groups is 1. The molecule has 6 heteroatoms. The lowest BCUT2D eigenvalue weighted by Gasteiger charge is -2.12. The molecule has 0 aliphatic carbocycles. The number of benzene rings is 1. The fraction of sp³-hybridized carbons (Fsp3) is 0.417. The van der Waals surface area contributed by atoms with Crippen LogP contribution in [0.2, 0.25) is 0 Å². The predicted molar refractivity (Wildman–Crippen MR) is 68.2 cm³/mol. The first-order valence-corrected chi connectivity index (χ1v) is 5.78. The van der Waals surface area contributed by atoms with Gasteiger partial charge in [0, 0.05) is 18.7 Å². The van der Waals surface area contributed by atoms with Crippen LogP contribution in [0.3, 0.4) is 0 Å². The Morgan fingerprint density at radius 2 is 2.28 bits per heavy atom. The van der Waals surface area contributed by atoms with Crippen molar-refractivity contribution < 1.29 is 9.72 Å². The van der Waals surface area contributed by atoms with Crippen molar-refractivity contribution >= 4 is 11.6 Å². The standard InChI is InChI=1S/C12H17N3O3/c1-9(12(16)14-7-3-6-13)10-4-2-5-11(8-10)15(17)18/h2,4-5,8-9H,3,6-7,13H2,1H3,(H,14,16). The van der Waals surface area contributed by atoms with Crippen molar-refractivity contribution in [2.24, 2.45) is 5.73 Å². The van der Waals surface area contributed by atoms with Crippen molar-refractivity contribution in [3.05, 3.63) is 39.9 Å². The van der Waals surface area contributed by atoms with E-state index in [1.165, 1.54) is 12.1 Å². The molecule has 6 nitrogen and oxygen atoms in total. The molecular formula is C12H17N3O3. The van der Waals surface area contributed by atoms with Gasteiger partial charge in [-0.05, 0) is 25.5 Å². The number of nitrogens with zero attached hydrogens (tertiary/aromatic N) is 1. The number of nitro benzene ring substituents is 1. The minimum atomic E-state index is -0.470. The highest BCUT2D eigenvalue weighted by Gasteiger charge is 2.17. The summed E-state index contributed by atoms with van der Waals surface area (Å²) in [5.74, 6) is -0.563. The van der Waals surface area contributed by atoms with Gasteiger partial charge in [-0.25, -0.2) is 0 Å². The van der Waals surface area contributed by atoms with Crippen LogP contribution >= 0.6 is 0 Å². The molecule has 0 fully saturated rings. The third-order valence-corrected chi connectivity index (χ3v) is 2.65. The number of hydrogen-bond donors (Lipinski definition) is 2. The Morgan fingerprint density at radius 3 is 2.89 bits per heavy atom. The number of non-ortho nitro benzene ring substituents is 1. The first kappa shape index (κ1) is 14.1. The maximum absolute atomic E-state index is 11.8. The number of amides is 1. The summed E-state index contributed by atoms with van der Waals surface area (Å²) in [6.45, 7) is 2.76. The largest absolute Gasteiger partial charge is 0.356 e. The Morgan fingerprint density at radius 1 is 1.56 bits per heavy atom. The molecule has 0 radical (unpaired) electrons.